The SMILES string of the molecule is c1ccc(C2(c3ccc(-c4ccc5c(c4)C4(c6ccccc6-c6ccccc64)c4ccccc4-5)cc3)c3ccccc3-c3ccccc32)cc1. The minimum Gasteiger partial charge on any atom is -0.0622 e. The van der Waals surface area contributed by atoms with E-state index in [1.165, 1.54) is 89.0 Å². The summed E-state index contributed by atoms with van der Waals surface area (Å²) in [5.41, 5.74) is 20.5. The zero-order chi connectivity index (χ0) is 32.9. The Morgan fingerprint density at radius 2 is 0.560 bits per heavy atom. The van der Waals surface area contributed by atoms with Crippen molar-refractivity contribution in [3.05, 3.63) is 239 Å². The zero-order valence-corrected chi connectivity index (χ0v) is 27.5. The van der Waals surface area contributed by atoms with E-state index in [9.17, 15) is 0 Å². The lowest BCUT2D eigenvalue weighted by Gasteiger charge is -2.34. The number of benzene rings is 8. The van der Waals surface area contributed by atoms with Crippen molar-refractivity contribution >= 4 is 0 Å². The van der Waals surface area contributed by atoms with Crippen LogP contribution in [0.25, 0.3) is 44.5 Å². The fourth-order valence-corrected chi connectivity index (χ4v) is 9.90. The Kier molecular flexibility index (Phi) is 5.61. The predicted octanol–water partition coefficient (Wildman–Crippen LogP) is 12.1. The van der Waals surface area contributed by atoms with E-state index in [0.717, 1.165) is 0 Å². The normalized spacial score (nSPS) is 14.7. The van der Waals surface area contributed by atoms with Crippen LogP contribution in [-0.4, -0.2) is 0 Å². The van der Waals surface area contributed by atoms with Crippen molar-refractivity contribution in [2.45, 2.75) is 10.8 Å². The van der Waals surface area contributed by atoms with E-state index in [1.54, 1.807) is 0 Å². The van der Waals surface area contributed by atoms with Crippen LogP contribution in [0.5, 0.6) is 0 Å². The van der Waals surface area contributed by atoms with Crippen LogP contribution in [0.15, 0.2) is 194 Å². The van der Waals surface area contributed by atoms with Gasteiger partial charge < -0.3 is 0 Å². The van der Waals surface area contributed by atoms with Gasteiger partial charge in [0.2, 0.25) is 0 Å². The van der Waals surface area contributed by atoms with Crippen LogP contribution in [0.2, 0.25) is 0 Å². The van der Waals surface area contributed by atoms with E-state index < -0.39 is 5.41 Å². The number of hydrogen-bond donors (Lipinski definition) is 0. The molecule has 0 heteroatoms. The van der Waals surface area contributed by atoms with E-state index in [-0.39, 0.29) is 5.41 Å². The quantitative estimate of drug-likeness (QED) is 0.182. The minimum absolute atomic E-state index is 0.344. The fraction of sp³-hybridized carbons (Fsp3) is 0.0400. The molecule has 0 amide bonds. The Morgan fingerprint density at radius 1 is 0.220 bits per heavy atom. The molecular formula is C50H32. The van der Waals surface area contributed by atoms with Gasteiger partial charge in [-0.3, -0.25) is 0 Å². The molecule has 1 spiro atoms. The third-order valence-electron chi connectivity index (χ3n) is 11.8. The molecule has 11 rings (SSSR count). The second-order valence-corrected chi connectivity index (χ2v) is 13.9. The monoisotopic (exact) mass is 632 g/mol. The van der Waals surface area contributed by atoms with Crippen LogP contribution >= 0.6 is 0 Å². The fourth-order valence-electron chi connectivity index (χ4n) is 9.90. The Morgan fingerprint density at radius 3 is 1.02 bits per heavy atom. The maximum Gasteiger partial charge on any atom is 0.0725 e. The maximum atomic E-state index is 2.48. The molecule has 0 saturated heterocycles. The number of hydrogen-bond acceptors (Lipinski definition) is 0. The summed E-state index contributed by atoms with van der Waals surface area (Å²) in [6, 6.07) is 72.7. The smallest absolute Gasteiger partial charge is 0.0622 e. The summed E-state index contributed by atoms with van der Waals surface area (Å²) >= 11 is 0. The molecule has 8 aromatic carbocycles. The van der Waals surface area contributed by atoms with Crippen molar-refractivity contribution in [2.75, 3.05) is 0 Å². The van der Waals surface area contributed by atoms with E-state index >= 15 is 0 Å². The molecule has 50 heavy (non-hydrogen) atoms. The van der Waals surface area contributed by atoms with Gasteiger partial charge in [0, 0.05) is 0 Å². The molecule has 0 atom stereocenters. The van der Waals surface area contributed by atoms with Gasteiger partial charge in [-0.25, -0.2) is 0 Å². The van der Waals surface area contributed by atoms with Crippen molar-refractivity contribution in [3.8, 4) is 44.5 Å². The highest BCUT2D eigenvalue weighted by atomic mass is 14.5. The van der Waals surface area contributed by atoms with E-state index in [2.05, 4.69) is 194 Å². The molecule has 0 fully saturated rings. The summed E-state index contributed by atoms with van der Waals surface area (Å²) in [5, 5.41) is 0. The lowest BCUT2D eigenvalue weighted by Crippen LogP contribution is -2.28. The molecule has 0 bridgehead atoms. The molecule has 0 radical (unpaired) electrons. The van der Waals surface area contributed by atoms with E-state index in [0.29, 0.717) is 0 Å². The largest absolute Gasteiger partial charge is 0.0725 e. The van der Waals surface area contributed by atoms with Gasteiger partial charge in [-0.15, -0.1) is 0 Å². The highest BCUT2D eigenvalue weighted by Crippen LogP contribution is 2.63. The Labute approximate surface area is 293 Å². The van der Waals surface area contributed by atoms with E-state index in [1.807, 2.05) is 0 Å². The molecule has 3 aliphatic carbocycles. The van der Waals surface area contributed by atoms with Crippen LogP contribution in [-0.2, 0) is 10.8 Å². The summed E-state index contributed by atoms with van der Waals surface area (Å²) in [6.45, 7) is 0. The van der Waals surface area contributed by atoms with Crippen molar-refractivity contribution in [1.82, 2.24) is 0 Å². The average Bonchev–Trinajstić information content (AvgIpc) is 3.79. The first-order valence-electron chi connectivity index (χ1n) is 17.6. The van der Waals surface area contributed by atoms with Crippen molar-refractivity contribution < 1.29 is 0 Å². The molecule has 0 aliphatic heterocycles. The zero-order valence-electron chi connectivity index (χ0n) is 27.5. The molecule has 8 aromatic rings. The average molecular weight is 633 g/mol. The molecule has 0 unspecified atom stereocenters. The molecule has 0 saturated carbocycles. The van der Waals surface area contributed by atoms with Crippen LogP contribution in [0.1, 0.15) is 44.5 Å². The minimum atomic E-state index is -0.395. The molecule has 3 aliphatic rings. The van der Waals surface area contributed by atoms with Gasteiger partial charge in [0.1, 0.15) is 0 Å². The maximum absolute atomic E-state index is 2.48. The van der Waals surface area contributed by atoms with Crippen LogP contribution in [0, 0.1) is 0 Å². The first kappa shape index (κ1) is 27.7. The van der Waals surface area contributed by atoms with Gasteiger partial charge in [-0.05, 0) is 95.1 Å². The second-order valence-electron chi connectivity index (χ2n) is 13.9. The van der Waals surface area contributed by atoms with Crippen LogP contribution in [0.4, 0.5) is 0 Å². The molecular weight excluding hydrogens is 601 g/mol. The second kappa shape index (κ2) is 10.1. The first-order chi connectivity index (χ1) is 24.8. The van der Waals surface area contributed by atoms with Gasteiger partial charge in [0.15, 0.2) is 0 Å². The first-order valence-corrected chi connectivity index (χ1v) is 17.6. The molecule has 232 valence electrons. The van der Waals surface area contributed by atoms with Gasteiger partial charge in [0.05, 0.1) is 10.8 Å². The summed E-state index contributed by atoms with van der Waals surface area (Å²) in [7, 11) is 0. The van der Waals surface area contributed by atoms with Crippen molar-refractivity contribution in [2.24, 2.45) is 0 Å². The van der Waals surface area contributed by atoms with E-state index in [4.69, 9.17) is 0 Å². The summed E-state index contributed by atoms with van der Waals surface area (Å²) in [4.78, 5) is 0. The van der Waals surface area contributed by atoms with Gasteiger partial charge >= 0.3 is 0 Å². The topological polar surface area (TPSA) is 0 Å². The van der Waals surface area contributed by atoms with Gasteiger partial charge in [0.25, 0.3) is 0 Å². The van der Waals surface area contributed by atoms with Crippen molar-refractivity contribution in [3.63, 3.8) is 0 Å². The molecule has 0 heterocycles. The highest BCUT2D eigenvalue weighted by molar-refractivity contribution is 5.96. The lowest BCUT2D eigenvalue weighted by molar-refractivity contribution is 0.768. The summed E-state index contributed by atoms with van der Waals surface area (Å²) in [6.07, 6.45) is 0. The molecule has 0 N–H and O–H groups in total. The lowest BCUT2D eigenvalue weighted by atomic mass is 9.67. The highest BCUT2D eigenvalue weighted by Gasteiger charge is 2.51. The number of fused-ring (bicyclic) bond motifs is 13. The summed E-state index contributed by atoms with van der Waals surface area (Å²) < 4.78 is 0. The van der Waals surface area contributed by atoms with Gasteiger partial charge in [-0.2, -0.15) is 0 Å². The predicted molar refractivity (Wildman–Crippen MR) is 205 cm³/mol. The third kappa shape index (κ3) is 3.36. The summed E-state index contributed by atoms with van der Waals surface area (Å²) in [5.74, 6) is 0. The van der Waals surface area contributed by atoms with Crippen molar-refractivity contribution in [1.29, 1.82) is 0 Å². The third-order valence-corrected chi connectivity index (χ3v) is 11.8. The Bertz CT molecular complexity index is 2530. The van der Waals surface area contributed by atoms with Crippen LogP contribution < -0.4 is 0 Å². The van der Waals surface area contributed by atoms with Crippen LogP contribution in [0.3, 0.4) is 0 Å². The standard InChI is InChI=1S/C50H32/c1-2-14-35(15-3-1)49(43-21-9-4-16-37(43)38-17-5-10-22-44(38)49)36-29-26-33(27-30-36)34-28-31-42-41-20-8-13-25-47(41)50(48(42)32-34)45-23-11-6-18-39(45)40-19-7-12-24-46(40)50/h1-32H. The molecule has 0 aromatic heterocycles. The Balaban J connectivity index is 1.11. The van der Waals surface area contributed by atoms with Gasteiger partial charge in [-0.1, -0.05) is 188 Å². The molecule has 0 nitrogen and oxygen atoms in total. The Hall–Kier alpha value is -6.24. The number of rotatable bonds is 3.